The van der Waals surface area contributed by atoms with E-state index in [1.165, 1.54) is 0 Å². The molecule has 0 atom stereocenters. The number of rotatable bonds is 2. The average molecular weight is 416 g/mol. The molecule has 0 radical (unpaired) electrons. The molecule has 0 bridgehead atoms. The number of carbonyl (C=O) groups is 1. The molecule has 152 valence electrons. The van der Waals surface area contributed by atoms with Gasteiger partial charge in [0, 0.05) is 5.69 Å². The van der Waals surface area contributed by atoms with Crippen LogP contribution in [0.2, 0.25) is 0 Å². The molecular weight excluding hydrogens is 407 g/mol. The van der Waals surface area contributed by atoms with E-state index in [1.54, 1.807) is 10.6 Å². The van der Waals surface area contributed by atoms with Gasteiger partial charge in [-0.2, -0.15) is 39.5 Å². The highest BCUT2D eigenvalue weighted by molar-refractivity contribution is 6.00. The van der Waals surface area contributed by atoms with E-state index in [9.17, 15) is 44.3 Å². The Kier molecular flexibility index (Phi) is 5.53. The molecule has 0 spiro atoms. The van der Waals surface area contributed by atoms with Crippen molar-refractivity contribution >= 4 is 17.4 Å². The summed E-state index contributed by atoms with van der Waals surface area (Å²) in [6.07, 6.45) is -15.1. The maximum absolute atomic E-state index is 12.9. The molecule has 2 N–H and O–H groups in total. The lowest BCUT2D eigenvalue weighted by atomic mass is 10.1. The van der Waals surface area contributed by atoms with E-state index in [-0.39, 0.29) is 18.2 Å². The molecule has 0 aliphatic carbocycles. The molecule has 28 heavy (non-hydrogen) atoms. The quantitative estimate of drug-likeness (QED) is 0.548. The third-order valence-corrected chi connectivity index (χ3v) is 3.33. The Hall–Kier alpha value is -2.92. The van der Waals surface area contributed by atoms with E-state index in [0.717, 1.165) is 18.2 Å². The number of para-hydroxylation sites is 1. The molecule has 0 saturated heterocycles. The van der Waals surface area contributed by atoms with Crippen LogP contribution in [0.15, 0.2) is 42.5 Å². The topological polar surface area (TPSA) is 41.1 Å². The minimum atomic E-state index is -5.14. The number of nitrogens with one attached hydrogen (secondary N) is 2. The molecule has 2 rings (SSSR count). The Morgan fingerprint density at radius 2 is 1.18 bits per heavy atom. The van der Waals surface area contributed by atoms with Gasteiger partial charge in [-0.15, -0.1) is 0 Å². The summed E-state index contributed by atoms with van der Waals surface area (Å²) in [7, 11) is 0. The fraction of sp³-hybridized carbons (Fsp3) is 0.188. The molecule has 0 heterocycles. The zero-order chi connectivity index (χ0) is 21.3. The normalized spacial score (nSPS) is 12.6. The predicted molar refractivity (Wildman–Crippen MR) is 80.5 cm³/mol. The van der Waals surface area contributed by atoms with Gasteiger partial charge in [-0.3, -0.25) is 0 Å². The molecule has 12 heteroatoms. The maximum Gasteiger partial charge on any atom is 0.418 e. The van der Waals surface area contributed by atoms with Crippen LogP contribution in [0.5, 0.6) is 0 Å². The Morgan fingerprint density at radius 1 is 0.679 bits per heavy atom. The van der Waals surface area contributed by atoms with Crippen molar-refractivity contribution in [3.05, 3.63) is 59.2 Å². The lowest BCUT2D eigenvalue weighted by Gasteiger charge is -2.16. The Morgan fingerprint density at radius 3 is 1.64 bits per heavy atom. The number of alkyl halides is 9. The first-order valence-corrected chi connectivity index (χ1v) is 7.21. The minimum Gasteiger partial charge on any atom is -0.308 e. The summed E-state index contributed by atoms with van der Waals surface area (Å²) >= 11 is 0. The number of halogens is 9. The molecule has 3 nitrogen and oxygen atoms in total. The van der Waals surface area contributed by atoms with Crippen LogP contribution < -0.4 is 10.6 Å². The fourth-order valence-corrected chi connectivity index (χ4v) is 2.15. The van der Waals surface area contributed by atoms with Crippen molar-refractivity contribution in [3.8, 4) is 0 Å². The van der Waals surface area contributed by atoms with Gasteiger partial charge in [-0.1, -0.05) is 12.1 Å². The van der Waals surface area contributed by atoms with E-state index < -0.39 is 52.6 Å². The average Bonchev–Trinajstić information content (AvgIpc) is 2.52. The molecule has 0 aliphatic heterocycles. The zero-order valence-corrected chi connectivity index (χ0v) is 13.4. The molecule has 0 aliphatic rings. The summed E-state index contributed by atoms with van der Waals surface area (Å²) < 4.78 is 115. The molecule has 0 fully saturated rings. The van der Waals surface area contributed by atoms with Crippen LogP contribution in [0.25, 0.3) is 0 Å². The molecule has 2 amide bonds. The number of anilines is 2. The molecule has 0 aromatic heterocycles. The number of amides is 2. The van der Waals surface area contributed by atoms with Gasteiger partial charge in [0.15, 0.2) is 0 Å². The minimum absolute atomic E-state index is 0.151. The first kappa shape index (κ1) is 21.4. The van der Waals surface area contributed by atoms with Gasteiger partial charge in [-0.25, -0.2) is 4.79 Å². The van der Waals surface area contributed by atoms with Crippen molar-refractivity contribution in [1.82, 2.24) is 0 Å². The third kappa shape index (κ3) is 5.30. The van der Waals surface area contributed by atoms with E-state index in [4.69, 9.17) is 0 Å². The molecule has 2 aromatic carbocycles. The Bertz CT molecular complexity index is 837. The molecule has 2 aromatic rings. The summed E-state index contributed by atoms with van der Waals surface area (Å²) in [4.78, 5) is 11.8. The van der Waals surface area contributed by atoms with Crippen LogP contribution in [-0.2, 0) is 18.5 Å². The van der Waals surface area contributed by atoms with Crippen molar-refractivity contribution in [2.45, 2.75) is 18.5 Å². The fourth-order valence-electron chi connectivity index (χ4n) is 2.15. The second-order valence-electron chi connectivity index (χ2n) is 5.42. The monoisotopic (exact) mass is 416 g/mol. The number of benzene rings is 2. The van der Waals surface area contributed by atoms with Crippen molar-refractivity contribution in [2.24, 2.45) is 0 Å². The van der Waals surface area contributed by atoms with Crippen LogP contribution in [0.1, 0.15) is 16.7 Å². The predicted octanol–water partition coefficient (Wildman–Crippen LogP) is 6.39. The largest absolute Gasteiger partial charge is 0.418 e. The number of carbonyl (C=O) groups excluding carboxylic acids is 1. The van der Waals surface area contributed by atoms with Crippen molar-refractivity contribution in [2.75, 3.05) is 10.6 Å². The van der Waals surface area contributed by atoms with E-state index >= 15 is 0 Å². The van der Waals surface area contributed by atoms with Gasteiger partial charge in [0.2, 0.25) is 0 Å². The number of urea groups is 1. The second kappa shape index (κ2) is 7.24. The molecular formula is C16H9F9N2O. The third-order valence-electron chi connectivity index (χ3n) is 3.33. The van der Waals surface area contributed by atoms with Crippen LogP contribution in [0, 0.1) is 0 Å². The zero-order valence-electron chi connectivity index (χ0n) is 13.4. The summed E-state index contributed by atoms with van der Waals surface area (Å²) in [6, 6.07) is 2.55. The Balaban J connectivity index is 2.32. The lowest BCUT2D eigenvalue weighted by molar-refractivity contribution is -0.143. The highest BCUT2D eigenvalue weighted by Crippen LogP contribution is 2.38. The highest BCUT2D eigenvalue weighted by atomic mass is 19.4. The molecule has 0 unspecified atom stereocenters. The van der Waals surface area contributed by atoms with Gasteiger partial charge >= 0.3 is 24.6 Å². The van der Waals surface area contributed by atoms with Gasteiger partial charge in [0.1, 0.15) is 0 Å². The summed E-state index contributed by atoms with van der Waals surface area (Å²) in [5.41, 5.74) is -6.24. The van der Waals surface area contributed by atoms with E-state index in [0.29, 0.717) is 6.07 Å². The van der Waals surface area contributed by atoms with Gasteiger partial charge < -0.3 is 10.6 Å². The van der Waals surface area contributed by atoms with Crippen molar-refractivity contribution < 1.29 is 44.3 Å². The smallest absolute Gasteiger partial charge is 0.308 e. The number of hydrogen-bond donors (Lipinski definition) is 2. The van der Waals surface area contributed by atoms with E-state index in [1.807, 2.05) is 0 Å². The summed E-state index contributed by atoms with van der Waals surface area (Å²) in [5, 5.41) is 3.43. The summed E-state index contributed by atoms with van der Waals surface area (Å²) in [6.45, 7) is 0. The second-order valence-corrected chi connectivity index (χ2v) is 5.42. The summed E-state index contributed by atoms with van der Waals surface area (Å²) in [5.74, 6) is 0. The van der Waals surface area contributed by atoms with Gasteiger partial charge in [-0.05, 0) is 30.3 Å². The van der Waals surface area contributed by atoms with Crippen LogP contribution in [0.3, 0.4) is 0 Å². The molecule has 0 saturated carbocycles. The van der Waals surface area contributed by atoms with Crippen LogP contribution in [0.4, 0.5) is 55.7 Å². The van der Waals surface area contributed by atoms with Crippen LogP contribution >= 0.6 is 0 Å². The first-order chi connectivity index (χ1) is 12.7. The van der Waals surface area contributed by atoms with E-state index in [2.05, 4.69) is 0 Å². The maximum atomic E-state index is 12.9. The lowest BCUT2D eigenvalue weighted by Crippen LogP contribution is -2.22. The van der Waals surface area contributed by atoms with Crippen molar-refractivity contribution in [3.63, 3.8) is 0 Å². The van der Waals surface area contributed by atoms with Gasteiger partial charge in [0.25, 0.3) is 0 Å². The standard InChI is InChI=1S/C16H9F9N2O/c17-14(18,19)8-5-9(15(20,21)22)7-10(6-8)26-13(28)27-12-4-2-1-3-11(12)16(23,24)25/h1-7H,(H2,26,27,28). The van der Waals surface area contributed by atoms with Crippen molar-refractivity contribution in [1.29, 1.82) is 0 Å². The first-order valence-electron chi connectivity index (χ1n) is 7.21. The van der Waals surface area contributed by atoms with Gasteiger partial charge in [0.05, 0.1) is 22.4 Å². The van der Waals surface area contributed by atoms with Crippen LogP contribution in [-0.4, -0.2) is 6.03 Å². The highest BCUT2D eigenvalue weighted by Gasteiger charge is 2.37. The Labute approximate surface area is 151 Å². The SMILES string of the molecule is O=C(Nc1cc(C(F)(F)F)cc(C(F)(F)F)c1)Nc1ccccc1C(F)(F)F. The number of hydrogen-bond acceptors (Lipinski definition) is 1.